The Hall–Kier alpha value is -2.01. The lowest BCUT2D eigenvalue weighted by Crippen LogP contribution is -2.32. The van der Waals surface area contributed by atoms with Crippen molar-refractivity contribution in [2.24, 2.45) is 0 Å². The first-order valence-electron chi connectivity index (χ1n) is 9.36. The largest absolute Gasteiger partial charge is 0.295 e. The Kier molecular flexibility index (Phi) is 6.10. The molecule has 2 aromatic carbocycles. The molecule has 1 heterocycles. The van der Waals surface area contributed by atoms with Gasteiger partial charge in [-0.05, 0) is 63.8 Å². The van der Waals surface area contributed by atoms with Gasteiger partial charge in [-0.1, -0.05) is 48.6 Å². The second-order valence-electron chi connectivity index (χ2n) is 7.92. The summed E-state index contributed by atoms with van der Waals surface area (Å²) in [6, 6.07) is 16.9. The molecular formula is C23H28N2OS. The van der Waals surface area contributed by atoms with Crippen molar-refractivity contribution in [2.75, 3.05) is 0 Å². The monoisotopic (exact) mass is 380 g/mol. The molecule has 0 aliphatic carbocycles. The lowest BCUT2D eigenvalue weighted by Gasteiger charge is -2.24. The third kappa shape index (κ3) is 5.48. The van der Waals surface area contributed by atoms with E-state index in [1.54, 1.807) is 11.3 Å². The van der Waals surface area contributed by atoms with Gasteiger partial charge in [0.1, 0.15) is 5.01 Å². The van der Waals surface area contributed by atoms with Crippen LogP contribution in [0, 0.1) is 0 Å². The van der Waals surface area contributed by atoms with Gasteiger partial charge in [-0.2, -0.15) is 5.48 Å². The summed E-state index contributed by atoms with van der Waals surface area (Å²) in [5, 5.41) is 1.07. The van der Waals surface area contributed by atoms with E-state index in [0.29, 0.717) is 0 Å². The summed E-state index contributed by atoms with van der Waals surface area (Å²) in [5.74, 6) is 0. The average Bonchev–Trinajstić information content (AvgIpc) is 3.05. The van der Waals surface area contributed by atoms with E-state index in [1.807, 2.05) is 33.8 Å². The summed E-state index contributed by atoms with van der Waals surface area (Å²) in [7, 11) is 0. The number of nitrogens with zero attached hydrogens (tertiary/aromatic N) is 1. The van der Waals surface area contributed by atoms with Crippen molar-refractivity contribution < 1.29 is 4.84 Å². The number of allylic oxidation sites excluding steroid dienone is 1. The summed E-state index contributed by atoms with van der Waals surface area (Å²) >= 11 is 1.73. The molecule has 1 N–H and O–H groups in total. The van der Waals surface area contributed by atoms with Gasteiger partial charge in [0.05, 0.1) is 21.9 Å². The number of para-hydroxylation sites is 1. The van der Waals surface area contributed by atoms with Crippen LogP contribution in [0.2, 0.25) is 0 Å². The summed E-state index contributed by atoms with van der Waals surface area (Å²) in [5.41, 5.74) is 7.66. The van der Waals surface area contributed by atoms with Crippen LogP contribution in [0.5, 0.6) is 0 Å². The molecule has 3 nitrogen and oxygen atoms in total. The summed E-state index contributed by atoms with van der Waals surface area (Å²) in [4.78, 5) is 10.7. The number of aromatic nitrogens is 1. The Labute approximate surface area is 166 Å². The summed E-state index contributed by atoms with van der Waals surface area (Å²) < 4.78 is 1.21. The Morgan fingerprint density at radius 1 is 1.19 bits per heavy atom. The molecule has 0 aliphatic rings. The molecule has 0 aliphatic heterocycles. The molecule has 1 unspecified atom stereocenters. The predicted octanol–water partition coefficient (Wildman–Crippen LogP) is 6.32. The number of benzene rings is 2. The van der Waals surface area contributed by atoms with Crippen LogP contribution < -0.4 is 5.48 Å². The molecule has 0 fully saturated rings. The van der Waals surface area contributed by atoms with Gasteiger partial charge in [0.15, 0.2) is 0 Å². The van der Waals surface area contributed by atoms with Crippen LogP contribution in [-0.2, 0) is 11.3 Å². The zero-order valence-corrected chi connectivity index (χ0v) is 17.4. The SMILES string of the molecule is C=C(C)c1cccc(CCC(NOC(C)(C)C)c2nc3ccccc3s2)c1. The highest BCUT2D eigenvalue weighted by Gasteiger charge is 2.20. The topological polar surface area (TPSA) is 34.1 Å². The first-order valence-corrected chi connectivity index (χ1v) is 10.2. The number of hydrogen-bond donors (Lipinski definition) is 1. The van der Waals surface area contributed by atoms with E-state index in [9.17, 15) is 0 Å². The molecule has 0 amide bonds. The molecule has 1 aromatic heterocycles. The van der Waals surface area contributed by atoms with Crippen LogP contribution in [0.15, 0.2) is 55.1 Å². The quantitative estimate of drug-likeness (QED) is 0.487. The van der Waals surface area contributed by atoms with Gasteiger partial charge >= 0.3 is 0 Å². The average molecular weight is 381 g/mol. The smallest absolute Gasteiger partial charge is 0.113 e. The third-order valence-electron chi connectivity index (χ3n) is 4.26. The van der Waals surface area contributed by atoms with Crippen molar-refractivity contribution in [1.82, 2.24) is 10.5 Å². The Bertz CT molecular complexity index is 890. The van der Waals surface area contributed by atoms with E-state index in [1.165, 1.54) is 15.8 Å². The minimum Gasteiger partial charge on any atom is -0.295 e. The highest BCUT2D eigenvalue weighted by Crippen LogP contribution is 2.29. The fraction of sp³-hybridized carbons (Fsp3) is 0.348. The molecule has 0 bridgehead atoms. The van der Waals surface area contributed by atoms with Crippen LogP contribution >= 0.6 is 11.3 Å². The standard InChI is InChI=1S/C23H28N2OS/c1-16(2)18-10-8-9-17(15-18)13-14-20(25-26-23(3,4)5)22-24-19-11-6-7-12-21(19)27-22/h6-12,15,20,25H,1,13-14H2,2-5H3. The predicted molar refractivity (Wildman–Crippen MR) is 116 cm³/mol. The Balaban J connectivity index is 1.79. The number of hydroxylamine groups is 1. The maximum Gasteiger partial charge on any atom is 0.113 e. The zero-order valence-electron chi connectivity index (χ0n) is 16.6. The van der Waals surface area contributed by atoms with Crippen LogP contribution in [0.1, 0.15) is 56.3 Å². The molecule has 1 atom stereocenters. The van der Waals surface area contributed by atoms with Crippen molar-refractivity contribution in [3.63, 3.8) is 0 Å². The molecular weight excluding hydrogens is 352 g/mol. The minimum absolute atomic E-state index is 0.0510. The van der Waals surface area contributed by atoms with Crippen LogP contribution in [-0.4, -0.2) is 10.6 Å². The second-order valence-corrected chi connectivity index (χ2v) is 8.99. The molecule has 3 rings (SSSR count). The first-order chi connectivity index (χ1) is 12.8. The van der Waals surface area contributed by atoms with E-state index in [2.05, 4.69) is 54.5 Å². The third-order valence-corrected chi connectivity index (χ3v) is 5.41. The normalized spacial score (nSPS) is 13.0. The van der Waals surface area contributed by atoms with Gasteiger partial charge < -0.3 is 0 Å². The fourth-order valence-corrected chi connectivity index (χ4v) is 3.87. The Morgan fingerprint density at radius 3 is 2.67 bits per heavy atom. The summed E-state index contributed by atoms with van der Waals surface area (Å²) in [6.07, 6.45) is 1.86. The van der Waals surface area contributed by atoms with Crippen LogP contribution in [0.3, 0.4) is 0 Å². The molecule has 0 spiro atoms. The number of fused-ring (bicyclic) bond motifs is 1. The second kappa shape index (κ2) is 8.34. The molecule has 4 heteroatoms. The number of hydrogen-bond acceptors (Lipinski definition) is 4. The van der Waals surface area contributed by atoms with E-state index < -0.39 is 0 Å². The maximum absolute atomic E-state index is 5.89. The highest BCUT2D eigenvalue weighted by atomic mass is 32.1. The van der Waals surface area contributed by atoms with Crippen molar-refractivity contribution in [1.29, 1.82) is 0 Å². The number of nitrogens with one attached hydrogen (secondary N) is 1. The van der Waals surface area contributed by atoms with Gasteiger partial charge in [0, 0.05) is 0 Å². The molecule has 0 saturated carbocycles. The first kappa shape index (κ1) is 19.7. The van der Waals surface area contributed by atoms with E-state index in [-0.39, 0.29) is 11.6 Å². The van der Waals surface area contributed by atoms with Gasteiger partial charge in [0.25, 0.3) is 0 Å². The van der Waals surface area contributed by atoms with E-state index in [4.69, 9.17) is 9.82 Å². The van der Waals surface area contributed by atoms with Gasteiger partial charge in [0.2, 0.25) is 0 Å². The molecule has 3 aromatic rings. The number of thiazole rings is 1. The van der Waals surface area contributed by atoms with Gasteiger partial charge in [-0.3, -0.25) is 4.84 Å². The van der Waals surface area contributed by atoms with E-state index in [0.717, 1.165) is 28.9 Å². The molecule has 27 heavy (non-hydrogen) atoms. The summed E-state index contributed by atoms with van der Waals surface area (Å²) in [6.45, 7) is 12.2. The zero-order chi connectivity index (χ0) is 19.4. The van der Waals surface area contributed by atoms with E-state index >= 15 is 0 Å². The highest BCUT2D eigenvalue weighted by molar-refractivity contribution is 7.18. The lowest BCUT2D eigenvalue weighted by molar-refractivity contribution is -0.0901. The molecule has 0 saturated heterocycles. The minimum atomic E-state index is -0.255. The molecule has 0 radical (unpaired) electrons. The van der Waals surface area contributed by atoms with Crippen molar-refractivity contribution in [3.8, 4) is 0 Å². The van der Waals surface area contributed by atoms with Crippen LogP contribution in [0.4, 0.5) is 0 Å². The van der Waals surface area contributed by atoms with Crippen molar-refractivity contribution in [2.45, 2.75) is 52.2 Å². The lowest BCUT2D eigenvalue weighted by atomic mass is 10.0. The van der Waals surface area contributed by atoms with Crippen molar-refractivity contribution >= 4 is 27.1 Å². The van der Waals surface area contributed by atoms with Gasteiger partial charge in [-0.25, -0.2) is 4.98 Å². The van der Waals surface area contributed by atoms with Crippen molar-refractivity contribution in [3.05, 3.63) is 71.2 Å². The molecule has 142 valence electrons. The van der Waals surface area contributed by atoms with Gasteiger partial charge in [-0.15, -0.1) is 11.3 Å². The Morgan fingerprint density at radius 2 is 1.96 bits per heavy atom. The number of rotatable bonds is 7. The van der Waals surface area contributed by atoms with Crippen LogP contribution in [0.25, 0.3) is 15.8 Å². The number of aryl methyl sites for hydroxylation is 1. The fourth-order valence-electron chi connectivity index (χ4n) is 2.82. The maximum atomic E-state index is 5.89.